The zero-order valence-electron chi connectivity index (χ0n) is 22.2. The fourth-order valence-corrected chi connectivity index (χ4v) is 6.02. The van der Waals surface area contributed by atoms with Crippen molar-refractivity contribution < 1.29 is 4.74 Å². The molecule has 0 radical (unpaired) electrons. The Kier molecular flexibility index (Phi) is 6.26. The average molecular weight is 579 g/mol. The molecule has 1 atom stereocenters. The highest BCUT2D eigenvalue weighted by Crippen LogP contribution is 2.49. The van der Waals surface area contributed by atoms with Crippen molar-refractivity contribution in [3.05, 3.63) is 124 Å². The van der Waals surface area contributed by atoms with Crippen molar-refractivity contribution in [3.8, 4) is 11.4 Å². The van der Waals surface area contributed by atoms with Gasteiger partial charge in [-0.25, -0.2) is 14.7 Å². The molecule has 0 saturated heterocycles. The van der Waals surface area contributed by atoms with Crippen LogP contribution in [-0.4, -0.2) is 28.6 Å². The number of rotatable bonds is 4. The molecular formula is C32H24Cl2N6O. The lowest BCUT2D eigenvalue weighted by Crippen LogP contribution is -2.46. The summed E-state index contributed by atoms with van der Waals surface area (Å²) in [4.78, 5) is 12.5. The van der Waals surface area contributed by atoms with Crippen LogP contribution in [0.2, 0.25) is 10.0 Å². The Balaban J connectivity index is 1.52. The number of amidine groups is 2. The lowest BCUT2D eigenvalue weighted by molar-refractivity contribution is 0.407. The smallest absolute Gasteiger partial charge is 0.179 e. The first kappa shape index (κ1) is 25.4. The standard InChI is InChI=1S/C32H24Cl2N6O/c1-19-28-29(24-12-6-9-15-27(24)41-2)39-26-14-8-7-13-25(26)36-30(35-22-17-20(33)16-21(34)18-22)32(39)37-31(28)40(38-19)23-10-4-3-5-11-23/h3-18,29H,1-2H3,(H,35,36). The molecule has 0 fully saturated rings. The number of fused-ring (bicyclic) bond motifs is 4. The van der Waals surface area contributed by atoms with Gasteiger partial charge in [0.15, 0.2) is 17.5 Å². The summed E-state index contributed by atoms with van der Waals surface area (Å²) in [6.07, 6.45) is 0. The molecule has 202 valence electrons. The van der Waals surface area contributed by atoms with Crippen molar-refractivity contribution in [1.29, 1.82) is 0 Å². The van der Waals surface area contributed by atoms with Crippen molar-refractivity contribution in [1.82, 2.24) is 9.78 Å². The fourth-order valence-electron chi connectivity index (χ4n) is 5.50. The molecule has 1 aromatic heterocycles. The van der Waals surface area contributed by atoms with Crippen LogP contribution in [-0.2, 0) is 0 Å². The molecule has 0 aliphatic carbocycles. The second-order valence-electron chi connectivity index (χ2n) is 9.75. The van der Waals surface area contributed by atoms with Crippen molar-refractivity contribution in [2.75, 3.05) is 17.3 Å². The number of nitrogens with one attached hydrogen (secondary N) is 1. The quantitative estimate of drug-likeness (QED) is 0.233. The number of aromatic nitrogens is 2. The maximum atomic E-state index is 6.35. The van der Waals surface area contributed by atoms with Crippen LogP contribution in [0.5, 0.6) is 5.75 Å². The lowest BCUT2D eigenvalue weighted by Gasteiger charge is -2.41. The topological polar surface area (TPSA) is 67.0 Å². The molecule has 0 bridgehead atoms. The van der Waals surface area contributed by atoms with Crippen molar-refractivity contribution >= 4 is 57.8 Å². The molecular weight excluding hydrogens is 555 g/mol. The van der Waals surface area contributed by atoms with E-state index >= 15 is 0 Å². The molecule has 2 aliphatic heterocycles. The molecule has 0 amide bonds. The van der Waals surface area contributed by atoms with Crippen molar-refractivity contribution in [2.45, 2.75) is 13.0 Å². The van der Waals surface area contributed by atoms with Gasteiger partial charge in [0.05, 0.1) is 35.9 Å². The summed E-state index contributed by atoms with van der Waals surface area (Å²) in [5, 5.41) is 9.47. The number of halogens is 2. The Morgan fingerprint density at radius 1 is 0.829 bits per heavy atom. The first-order valence-corrected chi connectivity index (χ1v) is 13.8. The monoisotopic (exact) mass is 578 g/mol. The Labute approximate surface area is 247 Å². The normalized spacial score (nSPS) is 15.3. The van der Waals surface area contributed by atoms with E-state index in [2.05, 4.69) is 22.3 Å². The zero-order valence-corrected chi connectivity index (χ0v) is 23.7. The third-order valence-corrected chi connectivity index (χ3v) is 7.63. The van der Waals surface area contributed by atoms with Crippen LogP contribution in [0.25, 0.3) is 5.69 Å². The highest BCUT2D eigenvalue weighted by Gasteiger charge is 2.42. The zero-order chi connectivity index (χ0) is 28.1. The number of benzene rings is 4. The number of aryl methyl sites for hydroxylation is 1. The highest BCUT2D eigenvalue weighted by molar-refractivity contribution is 6.52. The predicted molar refractivity (Wildman–Crippen MR) is 166 cm³/mol. The van der Waals surface area contributed by atoms with Gasteiger partial charge >= 0.3 is 0 Å². The molecule has 0 spiro atoms. The Morgan fingerprint density at radius 3 is 2.32 bits per heavy atom. The van der Waals surface area contributed by atoms with E-state index in [1.54, 1.807) is 13.2 Å². The number of anilines is 2. The van der Waals surface area contributed by atoms with E-state index in [4.69, 9.17) is 43.0 Å². The molecule has 4 aromatic carbocycles. The maximum absolute atomic E-state index is 6.35. The van der Waals surface area contributed by atoms with Crippen molar-refractivity contribution in [3.63, 3.8) is 0 Å². The first-order valence-electron chi connectivity index (χ1n) is 13.1. The summed E-state index contributed by atoms with van der Waals surface area (Å²) in [6, 6.07) is 31.1. The summed E-state index contributed by atoms with van der Waals surface area (Å²) in [5.41, 5.74) is 6.20. The van der Waals surface area contributed by atoms with Crippen LogP contribution in [0, 0.1) is 6.92 Å². The Hall–Kier alpha value is -4.59. The molecule has 3 heterocycles. The SMILES string of the molecule is COc1ccccc1C1c2c(C)nn(-c3ccccc3)c2N=C2C(Nc3cc(Cl)cc(Cl)c3)=Nc3ccccc3N21. The van der Waals surface area contributed by atoms with Gasteiger partial charge in [0.2, 0.25) is 0 Å². The second-order valence-corrected chi connectivity index (χ2v) is 10.6. The van der Waals surface area contributed by atoms with E-state index in [1.807, 2.05) is 90.5 Å². The molecule has 1 N–H and O–H groups in total. The molecule has 0 saturated carbocycles. The Bertz CT molecular complexity index is 1840. The predicted octanol–water partition coefficient (Wildman–Crippen LogP) is 8.29. The second kappa shape index (κ2) is 10.1. The molecule has 5 aromatic rings. The van der Waals surface area contributed by atoms with Gasteiger partial charge in [-0.3, -0.25) is 0 Å². The average Bonchev–Trinajstić information content (AvgIpc) is 3.32. The molecule has 7 nitrogen and oxygen atoms in total. The van der Waals surface area contributed by atoms with E-state index in [0.717, 1.165) is 45.5 Å². The van der Waals surface area contributed by atoms with Crippen LogP contribution >= 0.6 is 23.2 Å². The number of aliphatic imine (C=N–C) groups is 2. The number of hydrogen-bond acceptors (Lipinski definition) is 6. The van der Waals surface area contributed by atoms with Crippen LogP contribution in [0.1, 0.15) is 22.9 Å². The summed E-state index contributed by atoms with van der Waals surface area (Å²) in [7, 11) is 1.69. The highest BCUT2D eigenvalue weighted by atomic mass is 35.5. The van der Waals surface area contributed by atoms with Gasteiger partial charge in [0, 0.05) is 26.9 Å². The molecule has 7 rings (SSSR count). The van der Waals surface area contributed by atoms with Crippen LogP contribution in [0.3, 0.4) is 0 Å². The van der Waals surface area contributed by atoms with Gasteiger partial charge in [-0.05, 0) is 55.5 Å². The minimum Gasteiger partial charge on any atom is -0.496 e. The molecule has 1 unspecified atom stereocenters. The van der Waals surface area contributed by atoms with Gasteiger partial charge in [-0.2, -0.15) is 5.10 Å². The third kappa shape index (κ3) is 4.34. The number of ether oxygens (including phenoxy) is 1. The fraction of sp³-hybridized carbons (Fsp3) is 0.0938. The molecule has 9 heteroatoms. The summed E-state index contributed by atoms with van der Waals surface area (Å²) < 4.78 is 7.79. The molecule has 2 aliphatic rings. The number of hydrogen-bond donors (Lipinski definition) is 1. The third-order valence-electron chi connectivity index (χ3n) is 7.20. The minimum atomic E-state index is -0.303. The Morgan fingerprint density at radius 2 is 1.54 bits per heavy atom. The van der Waals surface area contributed by atoms with E-state index < -0.39 is 0 Å². The number of nitrogens with zero attached hydrogens (tertiary/aromatic N) is 5. The van der Waals surface area contributed by atoms with Gasteiger partial charge in [0.1, 0.15) is 5.75 Å². The van der Waals surface area contributed by atoms with Crippen LogP contribution in [0.15, 0.2) is 107 Å². The molecule has 41 heavy (non-hydrogen) atoms. The summed E-state index contributed by atoms with van der Waals surface area (Å²) in [5.74, 6) is 2.70. The summed E-state index contributed by atoms with van der Waals surface area (Å²) in [6.45, 7) is 2.03. The lowest BCUT2D eigenvalue weighted by atomic mass is 9.92. The van der Waals surface area contributed by atoms with Gasteiger partial charge in [-0.15, -0.1) is 0 Å². The van der Waals surface area contributed by atoms with Gasteiger partial charge in [-0.1, -0.05) is 71.7 Å². The van der Waals surface area contributed by atoms with E-state index in [1.165, 1.54) is 0 Å². The minimum absolute atomic E-state index is 0.303. The first-order chi connectivity index (χ1) is 20.0. The maximum Gasteiger partial charge on any atom is 0.179 e. The van der Waals surface area contributed by atoms with E-state index in [-0.39, 0.29) is 6.04 Å². The van der Waals surface area contributed by atoms with Crippen LogP contribution < -0.4 is 15.0 Å². The summed E-state index contributed by atoms with van der Waals surface area (Å²) >= 11 is 12.7. The van der Waals surface area contributed by atoms with Crippen molar-refractivity contribution in [2.24, 2.45) is 9.98 Å². The number of para-hydroxylation sites is 4. The number of methoxy groups -OCH3 is 1. The van der Waals surface area contributed by atoms with Crippen LogP contribution in [0.4, 0.5) is 22.9 Å². The van der Waals surface area contributed by atoms with Gasteiger partial charge < -0.3 is 15.0 Å². The van der Waals surface area contributed by atoms with Gasteiger partial charge in [0.25, 0.3) is 0 Å². The van der Waals surface area contributed by atoms with E-state index in [9.17, 15) is 0 Å². The largest absolute Gasteiger partial charge is 0.496 e. The van der Waals surface area contributed by atoms with E-state index in [0.29, 0.717) is 27.4 Å².